The van der Waals surface area contributed by atoms with E-state index in [0.717, 1.165) is 24.8 Å². The maximum atomic E-state index is 12.2. The van der Waals surface area contributed by atoms with Gasteiger partial charge >= 0.3 is 5.97 Å². The van der Waals surface area contributed by atoms with Crippen molar-refractivity contribution in [2.24, 2.45) is 11.8 Å². The van der Waals surface area contributed by atoms with Crippen LogP contribution in [0.2, 0.25) is 0 Å². The predicted molar refractivity (Wildman–Crippen MR) is 73.2 cm³/mol. The normalized spacial score (nSPS) is 36.1. The van der Waals surface area contributed by atoms with Crippen LogP contribution in [0.5, 0.6) is 0 Å². The molecule has 0 aromatic carbocycles. The molecule has 2 heterocycles. The predicted octanol–water partition coefficient (Wildman–Crippen LogP) is 0.752. The van der Waals surface area contributed by atoms with Crippen molar-refractivity contribution < 1.29 is 24.5 Å². The molecule has 1 aliphatic carbocycles. The highest BCUT2D eigenvalue weighted by molar-refractivity contribution is 6.00. The second-order valence-corrected chi connectivity index (χ2v) is 6.06. The molecule has 1 saturated heterocycles. The number of hydrogen-bond acceptors (Lipinski definition) is 4. The standard InChI is InChI=1S/C15H21NO5/c1-3-21-9-6-4-5-8-11(9)13(15(19)20)16-12(8)10(7(2)17)14(16)18/h7-10,12,17H,3-6H2,1-2H3,(H,19,20)/t7?,8-,9?,10-,12?/m0/s1. The van der Waals surface area contributed by atoms with E-state index in [0.29, 0.717) is 6.61 Å². The molecule has 3 rings (SSSR count). The maximum absolute atomic E-state index is 12.2. The molecule has 2 aliphatic heterocycles. The maximum Gasteiger partial charge on any atom is 0.352 e. The molecule has 1 amide bonds. The molecular weight excluding hydrogens is 274 g/mol. The number of carboxylic acid groups (broad SMARTS) is 1. The second kappa shape index (κ2) is 5.10. The summed E-state index contributed by atoms with van der Waals surface area (Å²) < 4.78 is 5.71. The Hall–Kier alpha value is -1.40. The Balaban J connectivity index is 2.01. The van der Waals surface area contributed by atoms with Crippen LogP contribution in [0.25, 0.3) is 0 Å². The summed E-state index contributed by atoms with van der Waals surface area (Å²) in [5, 5.41) is 19.4. The third-order valence-electron chi connectivity index (χ3n) is 4.93. The van der Waals surface area contributed by atoms with Crippen molar-refractivity contribution in [2.75, 3.05) is 6.61 Å². The lowest BCUT2D eigenvalue weighted by molar-refractivity contribution is -0.163. The van der Waals surface area contributed by atoms with Gasteiger partial charge in [0.15, 0.2) is 0 Å². The average molecular weight is 295 g/mol. The minimum atomic E-state index is -1.07. The summed E-state index contributed by atoms with van der Waals surface area (Å²) in [5.41, 5.74) is 0.863. The number of hydrogen-bond donors (Lipinski definition) is 2. The monoisotopic (exact) mass is 295 g/mol. The topological polar surface area (TPSA) is 87.1 Å². The summed E-state index contributed by atoms with van der Waals surface area (Å²) in [6.45, 7) is 4.01. The fourth-order valence-corrected chi connectivity index (χ4v) is 4.21. The van der Waals surface area contributed by atoms with Crippen molar-refractivity contribution >= 4 is 11.9 Å². The van der Waals surface area contributed by atoms with Crippen LogP contribution in [0.4, 0.5) is 0 Å². The van der Waals surface area contributed by atoms with Crippen molar-refractivity contribution in [3.05, 3.63) is 11.3 Å². The lowest BCUT2D eigenvalue weighted by atomic mass is 9.71. The van der Waals surface area contributed by atoms with Gasteiger partial charge in [0, 0.05) is 12.5 Å². The van der Waals surface area contributed by atoms with Gasteiger partial charge in [-0.15, -0.1) is 0 Å². The highest BCUT2D eigenvalue weighted by atomic mass is 16.5. The van der Waals surface area contributed by atoms with E-state index in [1.807, 2.05) is 6.92 Å². The van der Waals surface area contributed by atoms with Gasteiger partial charge in [0.25, 0.3) is 0 Å². The molecule has 0 radical (unpaired) electrons. The van der Waals surface area contributed by atoms with E-state index in [2.05, 4.69) is 0 Å². The van der Waals surface area contributed by atoms with Crippen LogP contribution in [0, 0.1) is 11.8 Å². The zero-order valence-corrected chi connectivity index (χ0v) is 12.3. The molecule has 2 fully saturated rings. The van der Waals surface area contributed by atoms with Gasteiger partial charge in [-0.1, -0.05) is 0 Å². The van der Waals surface area contributed by atoms with E-state index in [4.69, 9.17) is 4.74 Å². The zero-order valence-electron chi connectivity index (χ0n) is 12.3. The Kier molecular flexibility index (Phi) is 3.53. The third kappa shape index (κ3) is 1.92. The average Bonchev–Trinajstić information content (AvgIpc) is 2.70. The summed E-state index contributed by atoms with van der Waals surface area (Å²) >= 11 is 0. The summed E-state index contributed by atoms with van der Waals surface area (Å²) in [4.78, 5) is 25.3. The fraction of sp³-hybridized carbons (Fsp3) is 0.733. The fourth-order valence-electron chi connectivity index (χ4n) is 4.21. The summed E-state index contributed by atoms with van der Waals surface area (Å²) in [7, 11) is 0. The van der Waals surface area contributed by atoms with Crippen LogP contribution >= 0.6 is 0 Å². The van der Waals surface area contributed by atoms with E-state index in [-0.39, 0.29) is 29.7 Å². The number of carbonyl (C=O) groups excluding carboxylic acids is 1. The molecule has 0 bridgehead atoms. The largest absolute Gasteiger partial charge is 0.477 e. The number of aliphatic carboxylic acids is 1. The van der Waals surface area contributed by atoms with E-state index in [9.17, 15) is 19.8 Å². The van der Waals surface area contributed by atoms with E-state index < -0.39 is 18.0 Å². The number of nitrogens with zero attached hydrogens (tertiary/aromatic N) is 1. The first kappa shape index (κ1) is 14.5. The van der Waals surface area contributed by atoms with Gasteiger partial charge in [0.05, 0.1) is 24.2 Å². The molecule has 2 N–H and O–H groups in total. The van der Waals surface area contributed by atoms with Gasteiger partial charge in [0.2, 0.25) is 5.91 Å². The molecule has 0 aromatic heterocycles. The molecule has 21 heavy (non-hydrogen) atoms. The van der Waals surface area contributed by atoms with E-state index >= 15 is 0 Å². The van der Waals surface area contributed by atoms with Crippen molar-refractivity contribution in [3.63, 3.8) is 0 Å². The number of carbonyl (C=O) groups is 2. The minimum absolute atomic E-state index is 0.0127. The van der Waals surface area contributed by atoms with Gasteiger partial charge in [-0.3, -0.25) is 4.79 Å². The molecule has 6 heteroatoms. The number of aliphatic hydroxyl groups is 1. The Morgan fingerprint density at radius 1 is 1.48 bits per heavy atom. The van der Waals surface area contributed by atoms with Crippen LogP contribution in [0.1, 0.15) is 33.1 Å². The number of rotatable bonds is 4. The summed E-state index contributed by atoms with van der Waals surface area (Å²) in [6, 6.07) is -0.207. The van der Waals surface area contributed by atoms with Crippen molar-refractivity contribution in [3.8, 4) is 0 Å². The summed E-state index contributed by atoms with van der Waals surface area (Å²) in [6.07, 6.45) is 1.64. The van der Waals surface area contributed by atoms with E-state index in [1.54, 1.807) is 6.92 Å². The number of β-lactam (4-membered cyclic amide) rings is 1. The van der Waals surface area contributed by atoms with Crippen LogP contribution in [-0.2, 0) is 14.3 Å². The first-order valence-corrected chi connectivity index (χ1v) is 7.59. The molecule has 0 aromatic rings. The number of aliphatic hydroxyl groups excluding tert-OH is 1. The van der Waals surface area contributed by atoms with Gasteiger partial charge in [-0.25, -0.2) is 4.79 Å². The van der Waals surface area contributed by atoms with Crippen molar-refractivity contribution in [2.45, 2.75) is 51.4 Å². The van der Waals surface area contributed by atoms with Crippen LogP contribution in [0.3, 0.4) is 0 Å². The van der Waals surface area contributed by atoms with Crippen LogP contribution < -0.4 is 0 Å². The highest BCUT2D eigenvalue weighted by Crippen LogP contribution is 2.52. The van der Waals surface area contributed by atoms with Gasteiger partial charge in [-0.05, 0) is 38.7 Å². The smallest absolute Gasteiger partial charge is 0.352 e. The second-order valence-electron chi connectivity index (χ2n) is 6.06. The third-order valence-corrected chi connectivity index (χ3v) is 4.93. The number of ether oxygens (including phenoxy) is 1. The molecule has 3 aliphatic rings. The van der Waals surface area contributed by atoms with Crippen molar-refractivity contribution in [1.82, 2.24) is 4.90 Å². The Bertz CT molecular complexity index is 510. The van der Waals surface area contributed by atoms with Gasteiger partial charge < -0.3 is 19.8 Å². The first-order valence-electron chi connectivity index (χ1n) is 7.59. The Labute approximate surface area is 123 Å². The SMILES string of the molecule is CCOC1CCC[C@H]2C1=C(C(=O)O)N1C(=O)[C@@H](C(C)O)C21. The van der Waals surface area contributed by atoms with Gasteiger partial charge in [-0.2, -0.15) is 0 Å². The zero-order chi connectivity index (χ0) is 15.3. The molecule has 0 spiro atoms. The Morgan fingerprint density at radius 3 is 2.76 bits per heavy atom. The van der Waals surface area contributed by atoms with Crippen LogP contribution in [0.15, 0.2) is 11.3 Å². The van der Waals surface area contributed by atoms with Crippen LogP contribution in [-0.4, -0.2) is 51.8 Å². The molecule has 5 atom stereocenters. The highest BCUT2D eigenvalue weighted by Gasteiger charge is 2.62. The number of fused-ring (bicyclic) bond motifs is 3. The number of carboxylic acids is 1. The molecule has 116 valence electrons. The lowest BCUT2D eigenvalue weighted by Gasteiger charge is -2.47. The molecule has 1 saturated carbocycles. The molecule has 6 nitrogen and oxygen atoms in total. The van der Waals surface area contributed by atoms with Gasteiger partial charge in [0.1, 0.15) is 5.70 Å². The quantitative estimate of drug-likeness (QED) is 0.747. The summed E-state index contributed by atoms with van der Waals surface area (Å²) in [5.74, 6) is -1.81. The Morgan fingerprint density at radius 2 is 2.19 bits per heavy atom. The van der Waals surface area contributed by atoms with E-state index in [1.165, 1.54) is 4.90 Å². The lowest BCUT2D eigenvalue weighted by Crippen LogP contribution is -2.64. The minimum Gasteiger partial charge on any atom is -0.477 e. The molecular formula is C15H21NO5. The van der Waals surface area contributed by atoms with Crippen molar-refractivity contribution in [1.29, 1.82) is 0 Å². The molecule has 3 unspecified atom stereocenters. The first-order chi connectivity index (χ1) is 9.99. The number of amides is 1.